The topological polar surface area (TPSA) is 55.8 Å². The number of piperidine rings is 1. The van der Waals surface area contributed by atoms with E-state index < -0.39 is 23.7 Å². The van der Waals surface area contributed by atoms with Crippen LogP contribution in [0, 0.1) is 12.3 Å². The fourth-order valence-electron chi connectivity index (χ4n) is 4.56. The Morgan fingerprint density at radius 3 is 2.40 bits per heavy atom. The minimum absolute atomic E-state index is 0.220. The van der Waals surface area contributed by atoms with Crippen LogP contribution in [-0.4, -0.2) is 36.2 Å². The molecule has 1 saturated carbocycles. The molecule has 0 radical (unpaired) electrons. The molecule has 3 rings (SSSR count). The highest BCUT2D eigenvalue weighted by molar-refractivity contribution is 5.89. The van der Waals surface area contributed by atoms with Crippen molar-refractivity contribution in [3.63, 3.8) is 0 Å². The fraction of sp³-hybridized carbons (Fsp3) is 0.565. The summed E-state index contributed by atoms with van der Waals surface area (Å²) in [6, 6.07) is 4.94. The van der Waals surface area contributed by atoms with Crippen LogP contribution in [0.2, 0.25) is 0 Å². The van der Waals surface area contributed by atoms with Crippen LogP contribution in [0.1, 0.15) is 74.0 Å². The van der Waals surface area contributed by atoms with Gasteiger partial charge < -0.3 is 14.4 Å². The van der Waals surface area contributed by atoms with E-state index in [0.29, 0.717) is 37.8 Å². The molecule has 0 bridgehead atoms. The molecule has 5 nitrogen and oxygen atoms in total. The summed E-state index contributed by atoms with van der Waals surface area (Å²) in [7, 11) is 1.33. The summed E-state index contributed by atoms with van der Waals surface area (Å²) in [5, 5.41) is 0. The molecule has 7 heteroatoms. The Balaban J connectivity index is 1.93. The lowest BCUT2D eigenvalue weighted by Crippen LogP contribution is -2.49. The number of amides is 1. The Morgan fingerprint density at radius 1 is 1.20 bits per heavy atom. The zero-order valence-corrected chi connectivity index (χ0v) is 18.2. The number of hydrogen-bond acceptors (Lipinski definition) is 4. The van der Waals surface area contributed by atoms with Crippen molar-refractivity contribution >= 4 is 12.1 Å². The predicted molar refractivity (Wildman–Crippen MR) is 108 cm³/mol. The van der Waals surface area contributed by atoms with Gasteiger partial charge in [-0.15, -0.1) is 0 Å². The molecular formula is C23H29F2NO4. The Bertz CT molecular complexity index is 876. The number of nitrogens with zero attached hydrogens (tertiary/aromatic N) is 1. The summed E-state index contributed by atoms with van der Waals surface area (Å²) in [6.07, 6.45) is -0.00297. The summed E-state index contributed by atoms with van der Waals surface area (Å²) in [6.45, 7) is 7.76. The van der Waals surface area contributed by atoms with Crippen molar-refractivity contribution in [1.29, 1.82) is 0 Å². The second kappa shape index (κ2) is 8.00. The van der Waals surface area contributed by atoms with Crippen molar-refractivity contribution < 1.29 is 27.8 Å². The molecule has 1 aromatic carbocycles. The molecule has 1 atom stereocenters. The molecule has 30 heavy (non-hydrogen) atoms. The van der Waals surface area contributed by atoms with Gasteiger partial charge in [0.25, 0.3) is 6.08 Å². The number of carbonyl (C=O) groups excluding carboxylic acids is 2. The van der Waals surface area contributed by atoms with Crippen LogP contribution in [-0.2, 0) is 9.47 Å². The van der Waals surface area contributed by atoms with E-state index in [2.05, 4.69) is 0 Å². The summed E-state index contributed by atoms with van der Waals surface area (Å²) in [4.78, 5) is 26.5. The Morgan fingerprint density at radius 2 is 1.87 bits per heavy atom. The average molecular weight is 421 g/mol. The Kier molecular flexibility index (Phi) is 5.94. The van der Waals surface area contributed by atoms with Gasteiger partial charge in [0.15, 0.2) is 0 Å². The van der Waals surface area contributed by atoms with Crippen LogP contribution in [0.5, 0.6) is 0 Å². The van der Waals surface area contributed by atoms with Gasteiger partial charge in [-0.1, -0.05) is 6.07 Å². The lowest BCUT2D eigenvalue weighted by Gasteiger charge is -2.52. The highest BCUT2D eigenvalue weighted by atomic mass is 19.3. The third-order valence-electron chi connectivity index (χ3n) is 6.01. The van der Waals surface area contributed by atoms with E-state index in [1.807, 2.05) is 33.8 Å². The van der Waals surface area contributed by atoms with E-state index in [-0.39, 0.29) is 17.0 Å². The maximum Gasteiger partial charge on any atom is 0.410 e. The van der Waals surface area contributed by atoms with Crippen LogP contribution in [0.3, 0.4) is 0 Å². The van der Waals surface area contributed by atoms with E-state index >= 15 is 0 Å². The molecule has 164 valence electrons. The molecule has 1 aliphatic carbocycles. The Hall–Kier alpha value is -2.44. The van der Waals surface area contributed by atoms with Crippen molar-refractivity contribution in [3.8, 4) is 0 Å². The van der Waals surface area contributed by atoms with Crippen LogP contribution in [0.25, 0.3) is 0 Å². The van der Waals surface area contributed by atoms with Gasteiger partial charge in [0, 0.05) is 6.54 Å². The molecule has 1 spiro atoms. The van der Waals surface area contributed by atoms with Crippen molar-refractivity contribution in [2.24, 2.45) is 5.41 Å². The average Bonchev–Trinajstić information content (AvgIpc) is 2.63. The van der Waals surface area contributed by atoms with Gasteiger partial charge in [0.2, 0.25) is 0 Å². The minimum atomic E-state index is -1.58. The van der Waals surface area contributed by atoms with Gasteiger partial charge in [-0.05, 0) is 87.6 Å². The molecule has 1 unspecified atom stereocenters. The van der Waals surface area contributed by atoms with E-state index in [9.17, 15) is 18.4 Å². The molecule has 1 aromatic rings. The lowest BCUT2D eigenvalue weighted by atomic mass is 9.58. The molecule has 1 saturated heterocycles. The lowest BCUT2D eigenvalue weighted by molar-refractivity contribution is -0.0189. The first-order valence-electron chi connectivity index (χ1n) is 10.2. The first-order chi connectivity index (χ1) is 13.9. The van der Waals surface area contributed by atoms with E-state index in [4.69, 9.17) is 9.47 Å². The molecule has 0 N–H and O–H groups in total. The van der Waals surface area contributed by atoms with Crippen molar-refractivity contribution in [3.05, 3.63) is 46.5 Å². The van der Waals surface area contributed by atoms with Gasteiger partial charge in [0.05, 0.1) is 18.7 Å². The number of ether oxygens (including phenoxy) is 2. The molecule has 1 heterocycles. The number of allylic oxidation sites excluding steroid dienone is 1. The highest BCUT2D eigenvalue weighted by Gasteiger charge is 2.49. The highest BCUT2D eigenvalue weighted by Crippen LogP contribution is 2.57. The number of halogens is 2. The molecular weight excluding hydrogens is 392 g/mol. The number of likely N-dealkylation sites (tertiary alicyclic amines) is 1. The van der Waals surface area contributed by atoms with E-state index in [1.165, 1.54) is 7.11 Å². The second-order valence-corrected chi connectivity index (χ2v) is 9.42. The predicted octanol–water partition coefficient (Wildman–Crippen LogP) is 5.78. The standard InChI is InChI=1S/C23H29F2NO4/c1-14-10-15(20(27)29-5)6-7-17(14)18-13-23(11-16(12-23)19(24)25)8-9-26(18)21(28)30-22(2,3)4/h6-7,10,18H,8-9,11-13H2,1-5H3. The number of hydrogen-bond donors (Lipinski definition) is 0. The third-order valence-corrected chi connectivity index (χ3v) is 6.01. The SMILES string of the molecule is COC(=O)c1ccc(C2CC3(CCN2C(=O)OC(C)(C)C)CC(=C(F)F)C3)c(C)c1. The number of esters is 1. The van der Waals surface area contributed by atoms with Gasteiger partial charge in [0.1, 0.15) is 5.60 Å². The summed E-state index contributed by atoms with van der Waals surface area (Å²) >= 11 is 0. The zero-order chi connectivity index (χ0) is 22.3. The largest absolute Gasteiger partial charge is 0.465 e. The van der Waals surface area contributed by atoms with Gasteiger partial charge >= 0.3 is 12.1 Å². The minimum Gasteiger partial charge on any atom is -0.465 e. The number of carbonyl (C=O) groups is 2. The molecule has 1 aliphatic heterocycles. The summed E-state index contributed by atoms with van der Waals surface area (Å²) < 4.78 is 36.4. The van der Waals surface area contributed by atoms with Crippen LogP contribution in [0.15, 0.2) is 29.9 Å². The van der Waals surface area contributed by atoms with Crippen LogP contribution in [0.4, 0.5) is 13.6 Å². The maximum absolute atomic E-state index is 13.0. The first kappa shape index (κ1) is 22.2. The summed E-state index contributed by atoms with van der Waals surface area (Å²) in [5.41, 5.74) is 1.53. The van der Waals surface area contributed by atoms with E-state index in [1.54, 1.807) is 17.0 Å². The number of methoxy groups -OCH3 is 1. The maximum atomic E-state index is 13.0. The van der Waals surface area contributed by atoms with Crippen molar-refractivity contribution in [1.82, 2.24) is 4.90 Å². The van der Waals surface area contributed by atoms with Crippen molar-refractivity contribution in [2.75, 3.05) is 13.7 Å². The molecule has 2 fully saturated rings. The van der Waals surface area contributed by atoms with Gasteiger partial charge in [-0.2, -0.15) is 8.78 Å². The summed E-state index contributed by atoms with van der Waals surface area (Å²) in [5.74, 6) is -0.430. The van der Waals surface area contributed by atoms with Crippen molar-refractivity contribution in [2.45, 2.75) is 65.0 Å². The second-order valence-electron chi connectivity index (χ2n) is 9.42. The Labute approximate surface area is 176 Å². The molecule has 2 aliphatic rings. The zero-order valence-electron chi connectivity index (χ0n) is 18.2. The molecule has 1 amide bonds. The van der Waals surface area contributed by atoms with E-state index in [0.717, 1.165) is 11.1 Å². The first-order valence-corrected chi connectivity index (χ1v) is 10.2. The number of aryl methyl sites for hydroxylation is 1. The fourth-order valence-corrected chi connectivity index (χ4v) is 4.56. The smallest absolute Gasteiger partial charge is 0.410 e. The molecule has 0 aromatic heterocycles. The van der Waals surface area contributed by atoms with Crippen LogP contribution >= 0.6 is 0 Å². The third kappa shape index (κ3) is 4.50. The van der Waals surface area contributed by atoms with Gasteiger partial charge in [-0.3, -0.25) is 0 Å². The quantitative estimate of drug-likeness (QED) is 0.568. The number of benzene rings is 1. The normalized spacial score (nSPS) is 23.8. The number of rotatable bonds is 2. The van der Waals surface area contributed by atoms with Crippen LogP contribution < -0.4 is 0 Å². The van der Waals surface area contributed by atoms with Gasteiger partial charge in [-0.25, -0.2) is 9.59 Å². The monoisotopic (exact) mass is 421 g/mol.